The molecule has 4 heterocycles. The van der Waals surface area contributed by atoms with Crippen LogP contribution in [0.4, 0.5) is 10.5 Å². The molecular weight excluding hydrogens is 576 g/mol. The molecule has 11 heteroatoms. The number of rotatable bonds is 3. The maximum absolute atomic E-state index is 14.0. The van der Waals surface area contributed by atoms with Crippen LogP contribution in [-0.2, 0) is 34.9 Å². The highest BCUT2D eigenvalue weighted by atomic mass is 35.5. The highest BCUT2D eigenvalue weighted by Crippen LogP contribution is 2.51. The third-order valence-electron chi connectivity index (χ3n) is 9.10. The average Bonchev–Trinajstić information content (AvgIpc) is 3.65. The summed E-state index contributed by atoms with van der Waals surface area (Å²) in [4.78, 5) is 28.6. The van der Waals surface area contributed by atoms with Crippen LogP contribution in [0.25, 0.3) is 0 Å². The van der Waals surface area contributed by atoms with Crippen molar-refractivity contribution in [2.45, 2.75) is 95.9 Å². The van der Waals surface area contributed by atoms with E-state index in [-0.39, 0.29) is 30.3 Å². The molecule has 5 bridgehead atoms. The van der Waals surface area contributed by atoms with Crippen molar-refractivity contribution in [2.75, 3.05) is 26.2 Å². The second-order valence-corrected chi connectivity index (χ2v) is 13.0. The smallest absolute Gasteiger partial charge is 0.409 e. The van der Waals surface area contributed by atoms with Gasteiger partial charge in [-0.05, 0) is 38.0 Å². The molecule has 1 spiro atoms. The molecule has 8 unspecified atom stereocenters. The first-order chi connectivity index (χ1) is 20.3. The summed E-state index contributed by atoms with van der Waals surface area (Å²) in [5.74, 6) is -0.0853. The van der Waals surface area contributed by atoms with E-state index < -0.39 is 42.0 Å². The number of benzene rings is 1. The predicted octanol–water partition coefficient (Wildman–Crippen LogP) is 5.16. The van der Waals surface area contributed by atoms with Gasteiger partial charge in [-0.25, -0.2) is 4.79 Å². The topological polar surface area (TPSA) is 108 Å². The van der Waals surface area contributed by atoms with E-state index in [2.05, 4.69) is 5.32 Å². The van der Waals surface area contributed by atoms with Gasteiger partial charge in [-0.15, -0.1) is 0 Å². The summed E-state index contributed by atoms with van der Waals surface area (Å²) in [6.07, 6.45) is 3.05. The van der Waals surface area contributed by atoms with Crippen molar-refractivity contribution in [3.63, 3.8) is 0 Å². The molecule has 0 aromatic heterocycles. The standard InChI is InChI=1S/C32H43ClN2O8/c1-17(2)29-41-25-15-26(36)35(6)21-13-20(14-22(38-7)27(21)33)12-18(3)10-9-11-24(39-8)32(43-29)16-23(40-30(37)34-32)19(4)28-31(25,5)42-28/h9-11,13-14,17,19,23-25,28-29H,12,15-16H2,1-8H3,(H,34,37). The summed E-state index contributed by atoms with van der Waals surface area (Å²) in [7, 11) is 4.84. The Balaban J connectivity index is 1.67. The van der Waals surface area contributed by atoms with Crippen molar-refractivity contribution in [2.24, 2.45) is 11.8 Å². The van der Waals surface area contributed by atoms with Crippen LogP contribution in [0.1, 0.15) is 53.0 Å². The Labute approximate surface area is 258 Å². The fourth-order valence-electron chi connectivity index (χ4n) is 6.44. The summed E-state index contributed by atoms with van der Waals surface area (Å²) in [5.41, 5.74) is 0.412. The minimum Gasteiger partial charge on any atom is -0.495 e. The molecule has 0 aliphatic carbocycles. The molecule has 236 valence electrons. The van der Waals surface area contributed by atoms with Crippen LogP contribution in [0.2, 0.25) is 5.02 Å². The van der Waals surface area contributed by atoms with Gasteiger partial charge in [-0.2, -0.15) is 0 Å². The molecule has 5 rings (SSSR count). The van der Waals surface area contributed by atoms with Gasteiger partial charge in [-0.1, -0.05) is 56.2 Å². The number of halogens is 1. The molecular formula is C32H43ClN2O8. The minimum absolute atomic E-state index is 0.00307. The molecule has 4 aliphatic heterocycles. The molecule has 1 aromatic carbocycles. The number of amides is 2. The number of hydrogen-bond donors (Lipinski definition) is 1. The van der Waals surface area contributed by atoms with Gasteiger partial charge >= 0.3 is 6.09 Å². The molecule has 0 saturated carbocycles. The Bertz CT molecular complexity index is 1320. The number of ether oxygens (including phenoxy) is 6. The van der Waals surface area contributed by atoms with E-state index in [1.807, 2.05) is 65.0 Å². The number of fused-ring (bicyclic) bond motifs is 8. The number of carbonyl (C=O) groups excluding carboxylic acids is 2. The lowest BCUT2D eigenvalue weighted by molar-refractivity contribution is -0.291. The van der Waals surface area contributed by atoms with E-state index in [9.17, 15) is 9.59 Å². The first-order valence-electron chi connectivity index (χ1n) is 14.8. The van der Waals surface area contributed by atoms with Crippen molar-refractivity contribution in [3.8, 4) is 5.75 Å². The molecule has 3 saturated heterocycles. The number of allylic oxidation sites excluding steroid dienone is 3. The van der Waals surface area contributed by atoms with Crippen LogP contribution in [0.3, 0.4) is 0 Å². The van der Waals surface area contributed by atoms with Crippen molar-refractivity contribution < 1.29 is 38.0 Å². The van der Waals surface area contributed by atoms with Gasteiger partial charge in [0.15, 0.2) is 12.0 Å². The second-order valence-electron chi connectivity index (χ2n) is 12.6. The highest BCUT2D eigenvalue weighted by Gasteiger charge is 2.65. The number of hydrogen-bond acceptors (Lipinski definition) is 8. The Kier molecular flexibility index (Phi) is 8.90. The Morgan fingerprint density at radius 3 is 2.60 bits per heavy atom. The lowest BCUT2D eigenvalue weighted by Gasteiger charge is -2.48. The lowest BCUT2D eigenvalue weighted by Crippen LogP contribution is -2.67. The predicted molar refractivity (Wildman–Crippen MR) is 161 cm³/mol. The van der Waals surface area contributed by atoms with Gasteiger partial charge in [0.2, 0.25) is 5.91 Å². The van der Waals surface area contributed by atoms with Gasteiger partial charge < -0.3 is 33.3 Å². The zero-order valence-corrected chi connectivity index (χ0v) is 26.9. The Hall–Kier alpha value is -2.63. The van der Waals surface area contributed by atoms with E-state index in [4.69, 9.17) is 40.0 Å². The molecule has 4 aliphatic rings. The molecule has 3 fully saturated rings. The van der Waals surface area contributed by atoms with E-state index in [1.165, 1.54) is 0 Å². The van der Waals surface area contributed by atoms with Gasteiger partial charge in [-0.3, -0.25) is 10.1 Å². The monoisotopic (exact) mass is 618 g/mol. The normalized spacial score (nSPS) is 36.4. The zero-order valence-electron chi connectivity index (χ0n) is 26.1. The molecule has 1 N–H and O–H groups in total. The largest absolute Gasteiger partial charge is 0.495 e. The average molecular weight is 619 g/mol. The number of carbonyl (C=O) groups is 2. The first kappa shape index (κ1) is 31.8. The van der Waals surface area contributed by atoms with E-state index in [1.54, 1.807) is 26.2 Å². The molecule has 2 amide bonds. The Morgan fingerprint density at radius 1 is 1.19 bits per heavy atom. The van der Waals surface area contributed by atoms with E-state index in [0.29, 0.717) is 29.3 Å². The van der Waals surface area contributed by atoms with Crippen LogP contribution < -0.4 is 15.0 Å². The third kappa shape index (κ3) is 6.04. The summed E-state index contributed by atoms with van der Waals surface area (Å²) < 4.78 is 37.1. The van der Waals surface area contributed by atoms with Crippen LogP contribution in [0.15, 0.2) is 35.9 Å². The summed E-state index contributed by atoms with van der Waals surface area (Å²) >= 11 is 6.74. The minimum atomic E-state index is -1.30. The lowest BCUT2D eigenvalue weighted by atomic mass is 9.83. The van der Waals surface area contributed by atoms with E-state index in [0.717, 1.165) is 11.1 Å². The molecule has 8 atom stereocenters. The number of methoxy groups -OCH3 is 2. The number of nitrogens with one attached hydrogen (secondary N) is 1. The summed E-state index contributed by atoms with van der Waals surface area (Å²) in [5, 5.41) is 3.29. The quantitative estimate of drug-likeness (QED) is 0.463. The van der Waals surface area contributed by atoms with Crippen molar-refractivity contribution >= 4 is 29.3 Å². The third-order valence-corrected chi connectivity index (χ3v) is 9.48. The van der Waals surface area contributed by atoms with Crippen LogP contribution in [0.5, 0.6) is 5.75 Å². The summed E-state index contributed by atoms with van der Waals surface area (Å²) in [6.45, 7) is 9.87. The number of epoxide rings is 1. The maximum atomic E-state index is 14.0. The SMILES string of the molecule is COc1cc2cc(c1Cl)N(C)C(=O)CC1OC(C(C)C)OC3(CC(OC(=O)N3)C(C)C3OC13C)C(OC)C=CC=C(C)C2. The second kappa shape index (κ2) is 12.0. The van der Waals surface area contributed by atoms with Gasteiger partial charge in [0.1, 0.15) is 34.7 Å². The number of nitrogens with zero attached hydrogens (tertiary/aromatic N) is 1. The number of alkyl carbamates (subject to hydrolysis) is 1. The highest BCUT2D eigenvalue weighted by molar-refractivity contribution is 6.35. The molecule has 10 nitrogen and oxygen atoms in total. The van der Waals surface area contributed by atoms with Crippen molar-refractivity contribution in [3.05, 3.63) is 46.5 Å². The van der Waals surface area contributed by atoms with E-state index >= 15 is 0 Å². The van der Waals surface area contributed by atoms with Gasteiger partial charge in [0.05, 0.1) is 25.3 Å². The maximum Gasteiger partial charge on any atom is 0.409 e. The number of anilines is 1. The van der Waals surface area contributed by atoms with Crippen LogP contribution in [-0.4, -0.2) is 75.3 Å². The van der Waals surface area contributed by atoms with Crippen molar-refractivity contribution in [1.82, 2.24) is 5.32 Å². The molecule has 1 aromatic rings. The first-order valence-corrected chi connectivity index (χ1v) is 15.2. The van der Waals surface area contributed by atoms with Gasteiger partial charge in [0, 0.05) is 32.4 Å². The molecule has 43 heavy (non-hydrogen) atoms. The molecule has 0 radical (unpaired) electrons. The fourth-order valence-corrected chi connectivity index (χ4v) is 6.76. The van der Waals surface area contributed by atoms with Gasteiger partial charge in [0.25, 0.3) is 0 Å². The summed E-state index contributed by atoms with van der Waals surface area (Å²) in [6, 6.07) is 3.79. The zero-order chi connectivity index (χ0) is 31.3. The Morgan fingerprint density at radius 2 is 1.93 bits per heavy atom. The van der Waals surface area contributed by atoms with Crippen LogP contribution >= 0.6 is 11.6 Å². The van der Waals surface area contributed by atoms with Crippen molar-refractivity contribution in [1.29, 1.82) is 0 Å². The van der Waals surface area contributed by atoms with Crippen LogP contribution in [0, 0.1) is 11.8 Å². The fraction of sp³-hybridized carbons (Fsp3) is 0.625.